The van der Waals surface area contributed by atoms with Crippen molar-refractivity contribution in [1.29, 1.82) is 0 Å². The molecule has 17 heavy (non-hydrogen) atoms. The highest BCUT2D eigenvalue weighted by molar-refractivity contribution is 4.66. The smallest absolute Gasteiger partial charge is 0.243 e. The summed E-state index contributed by atoms with van der Waals surface area (Å²) in [7, 11) is 0. The number of hydrogen-bond acceptors (Lipinski definition) is 1. The Morgan fingerprint density at radius 2 is 1.94 bits per heavy atom. The highest BCUT2D eigenvalue weighted by atomic mass is 16.3. The van der Waals surface area contributed by atoms with Gasteiger partial charge in [-0.3, -0.25) is 0 Å². The highest BCUT2D eigenvalue weighted by Gasteiger charge is 2.08. The van der Waals surface area contributed by atoms with Crippen molar-refractivity contribution < 1.29 is 9.67 Å². The van der Waals surface area contributed by atoms with Gasteiger partial charge in [0.2, 0.25) is 6.33 Å². The average molecular weight is 239 g/mol. The molecule has 1 N–H and O–H groups in total. The number of rotatable bonds is 9. The van der Waals surface area contributed by atoms with E-state index in [-0.39, 0.29) is 6.10 Å². The third-order valence-corrected chi connectivity index (χ3v) is 3.16. The van der Waals surface area contributed by atoms with E-state index in [2.05, 4.69) is 28.6 Å². The van der Waals surface area contributed by atoms with Crippen LogP contribution in [0.4, 0.5) is 0 Å². The van der Waals surface area contributed by atoms with Crippen LogP contribution < -0.4 is 4.57 Å². The van der Waals surface area contributed by atoms with Crippen molar-refractivity contribution in [2.24, 2.45) is 0 Å². The fourth-order valence-corrected chi connectivity index (χ4v) is 1.95. The van der Waals surface area contributed by atoms with Crippen LogP contribution in [0.15, 0.2) is 18.7 Å². The summed E-state index contributed by atoms with van der Waals surface area (Å²) in [6.45, 7) is 6.06. The van der Waals surface area contributed by atoms with Gasteiger partial charge in [0.15, 0.2) is 0 Å². The molecule has 3 heteroatoms. The summed E-state index contributed by atoms with van der Waals surface area (Å²) in [5, 5.41) is 9.56. The molecule has 1 heterocycles. The second kappa shape index (κ2) is 8.29. The summed E-state index contributed by atoms with van der Waals surface area (Å²) in [6.07, 6.45) is 13.4. The van der Waals surface area contributed by atoms with Crippen molar-refractivity contribution in [2.45, 2.75) is 71.6 Å². The SMILES string of the molecule is CCCCCCCn1cc[n+](C[C@@H](O)CC)c1. The number of imidazole rings is 1. The third kappa shape index (κ3) is 5.87. The highest BCUT2D eigenvalue weighted by Crippen LogP contribution is 2.03. The Hall–Kier alpha value is -0.830. The fraction of sp³-hybridized carbons (Fsp3) is 0.786. The second-order valence-electron chi connectivity index (χ2n) is 4.82. The molecule has 1 aromatic rings. The van der Waals surface area contributed by atoms with E-state index < -0.39 is 0 Å². The van der Waals surface area contributed by atoms with Gasteiger partial charge < -0.3 is 5.11 Å². The van der Waals surface area contributed by atoms with Gasteiger partial charge in [0, 0.05) is 0 Å². The van der Waals surface area contributed by atoms with Crippen LogP contribution in [0.3, 0.4) is 0 Å². The van der Waals surface area contributed by atoms with E-state index >= 15 is 0 Å². The van der Waals surface area contributed by atoms with Crippen LogP contribution in [0.25, 0.3) is 0 Å². The van der Waals surface area contributed by atoms with E-state index in [1.54, 1.807) is 0 Å². The normalized spacial score (nSPS) is 12.9. The number of hydrogen-bond donors (Lipinski definition) is 1. The lowest BCUT2D eigenvalue weighted by molar-refractivity contribution is -0.703. The van der Waals surface area contributed by atoms with Crippen LogP contribution in [0.2, 0.25) is 0 Å². The molecule has 0 aromatic carbocycles. The Labute approximate surface area is 105 Å². The molecule has 0 unspecified atom stereocenters. The zero-order valence-corrected chi connectivity index (χ0v) is 11.3. The molecule has 0 aliphatic carbocycles. The van der Waals surface area contributed by atoms with Crippen LogP contribution in [-0.4, -0.2) is 15.8 Å². The number of aryl methyl sites for hydroxylation is 1. The summed E-state index contributed by atoms with van der Waals surface area (Å²) < 4.78 is 4.29. The molecular formula is C14H27N2O+. The number of nitrogens with zero attached hydrogens (tertiary/aromatic N) is 2. The number of unbranched alkanes of at least 4 members (excludes halogenated alkanes) is 4. The van der Waals surface area contributed by atoms with Crippen molar-refractivity contribution in [3.8, 4) is 0 Å². The maximum absolute atomic E-state index is 9.56. The lowest BCUT2D eigenvalue weighted by Crippen LogP contribution is -2.37. The number of aliphatic hydroxyl groups excluding tert-OH is 1. The Balaban J connectivity index is 2.21. The van der Waals surface area contributed by atoms with E-state index in [0.29, 0.717) is 6.54 Å². The summed E-state index contributed by atoms with van der Waals surface area (Å²) >= 11 is 0. The zero-order valence-electron chi connectivity index (χ0n) is 11.3. The van der Waals surface area contributed by atoms with Gasteiger partial charge in [-0.05, 0) is 19.3 Å². The van der Waals surface area contributed by atoms with Gasteiger partial charge in [-0.15, -0.1) is 0 Å². The molecular weight excluding hydrogens is 212 g/mol. The van der Waals surface area contributed by atoms with Gasteiger partial charge in [-0.1, -0.05) is 33.1 Å². The molecule has 1 aromatic heterocycles. The molecule has 0 fully saturated rings. The van der Waals surface area contributed by atoms with Gasteiger partial charge in [0.25, 0.3) is 0 Å². The van der Waals surface area contributed by atoms with Crippen LogP contribution in [0.5, 0.6) is 0 Å². The molecule has 0 bridgehead atoms. The summed E-state index contributed by atoms with van der Waals surface area (Å²) in [5.41, 5.74) is 0. The van der Waals surface area contributed by atoms with E-state index in [0.717, 1.165) is 13.0 Å². The maximum Gasteiger partial charge on any atom is 0.243 e. The molecule has 1 atom stereocenters. The molecule has 1 rings (SSSR count). The van der Waals surface area contributed by atoms with E-state index in [4.69, 9.17) is 0 Å². The Kier molecular flexibility index (Phi) is 6.94. The molecule has 0 aliphatic heterocycles. The van der Waals surface area contributed by atoms with E-state index in [9.17, 15) is 5.11 Å². The molecule has 0 saturated heterocycles. The Bertz CT molecular complexity index is 296. The predicted molar refractivity (Wildman–Crippen MR) is 69.7 cm³/mol. The summed E-state index contributed by atoms with van der Waals surface area (Å²) in [4.78, 5) is 0. The zero-order chi connectivity index (χ0) is 12.5. The first kappa shape index (κ1) is 14.2. The van der Waals surface area contributed by atoms with Crippen molar-refractivity contribution in [1.82, 2.24) is 4.57 Å². The minimum atomic E-state index is -0.222. The minimum Gasteiger partial charge on any atom is -0.389 e. The first-order chi connectivity index (χ1) is 8.26. The van der Waals surface area contributed by atoms with Crippen LogP contribution >= 0.6 is 0 Å². The van der Waals surface area contributed by atoms with Gasteiger partial charge in [-0.2, -0.15) is 0 Å². The van der Waals surface area contributed by atoms with Crippen molar-refractivity contribution in [2.75, 3.05) is 0 Å². The quantitative estimate of drug-likeness (QED) is 0.520. The van der Waals surface area contributed by atoms with Gasteiger partial charge in [0.1, 0.15) is 18.9 Å². The van der Waals surface area contributed by atoms with E-state index in [1.165, 1.54) is 32.1 Å². The van der Waals surface area contributed by atoms with Crippen molar-refractivity contribution in [3.63, 3.8) is 0 Å². The Morgan fingerprint density at radius 3 is 2.65 bits per heavy atom. The number of aromatic nitrogens is 2. The molecule has 0 aliphatic rings. The first-order valence-corrected chi connectivity index (χ1v) is 6.99. The lowest BCUT2D eigenvalue weighted by Gasteiger charge is -2.02. The van der Waals surface area contributed by atoms with Crippen molar-refractivity contribution >= 4 is 0 Å². The molecule has 98 valence electrons. The Morgan fingerprint density at radius 1 is 1.18 bits per heavy atom. The number of aliphatic hydroxyl groups is 1. The topological polar surface area (TPSA) is 29.0 Å². The molecule has 3 nitrogen and oxygen atoms in total. The lowest BCUT2D eigenvalue weighted by atomic mass is 10.1. The first-order valence-electron chi connectivity index (χ1n) is 6.99. The standard InChI is InChI=1S/C14H27N2O/c1-3-5-6-7-8-9-15-10-11-16(13-15)12-14(17)4-2/h10-11,13-14,17H,3-9,12H2,1-2H3/q+1/t14-/m0/s1. The maximum atomic E-state index is 9.56. The van der Waals surface area contributed by atoms with Crippen molar-refractivity contribution in [3.05, 3.63) is 18.7 Å². The molecule has 0 spiro atoms. The predicted octanol–water partition coefficient (Wildman–Crippen LogP) is 2.52. The largest absolute Gasteiger partial charge is 0.389 e. The fourth-order valence-electron chi connectivity index (χ4n) is 1.95. The van der Waals surface area contributed by atoms with Gasteiger partial charge in [0.05, 0.1) is 12.6 Å². The van der Waals surface area contributed by atoms with Gasteiger partial charge in [-0.25, -0.2) is 9.13 Å². The minimum absolute atomic E-state index is 0.222. The van der Waals surface area contributed by atoms with Crippen LogP contribution in [0, 0.1) is 0 Å². The van der Waals surface area contributed by atoms with Crippen LogP contribution in [-0.2, 0) is 13.1 Å². The van der Waals surface area contributed by atoms with E-state index in [1.807, 2.05) is 13.1 Å². The van der Waals surface area contributed by atoms with Gasteiger partial charge >= 0.3 is 0 Å². The molecule has 0 radical (unpaired) electrons. The summed E-state index contributed by atoms with van der Waals surface area (Å²) in [5.74, 6) is 0. The third-order valence-electron chi connectivity index (χ3n) is 3.16. The monoisotopic (exact) mass is 239 g/mol. The van der Waals surface area contributed by atoms with Crippen LogP contribution in [0.1, 0.15) is 52.4 Å². The summed E-state index contributed by atoms with van der Waals surface area (Å²) in [6, 6.07) is 0. The second-order valence-corrected chi connectivity index (χ2v) is 4.82. The molecule has 0 saturated carbocycles. The average Bonchev–Trinajstić information content (AvgIpc) is 2.76. The molecule has 0 amide bonds.